The van der Waals surface area contributed by atoms with Crippen LogP contribution in [0, 0.1) is 10.8 Å². The SMILES string of the molecule is N=C(NCc1ccco1)c1cccc(/N=N/Nc2cccc(C(=N)NCc3ccco3)c2)c1. The highest BCUT2D eigenvalue weighted by atomic mass is 16.3. The van der Waals surface area contributed by atoms with Gasteiger partial charge in [0.1, 0.15) is 23.2 Å². The van der Waals surface area contributed by atoms with Gasteiger partial charge in [0.2, 0.25) is 0 Å². The fraction of sp³-hybridized carbons (Fsp3) is 0.0833. The Balaban J connectivity index is 1.32. The topological polar surface area (TPSA) is 135 Å². The molecule has 0 spiro atoms. The summed E-state index contributed by atoms with van der Waals surface area (Å²) in [4.78, 5) is 0. The van der Waals surface area contributed by atoms with E-state index in [4.69, 9.17) is 19.7 Å². The van der Waals surface area contributed by atoms with Gasteiger partial charge in [-0.25, -0.2) is 0 Å². The maximum Gasteiger partial charge on any atom is 0.125 e. The van der Waals surface area contributed by atoms with Crippen LogP contribution in [0.3, 0.4) is 0 Å². The van der Waals surface area contributed by atoms with E-state index in [1.54, 1.807) is 30.7 Å². The molecule has 0 saturated carbocycles. The summed E-state index contributed by atoms with van der Waals surface area (Å²) in [5.74, 6) is 2.06. The summed E-state index contributed by atoms with van der Waals surface area (Å²) in [7, 11) is 0. The predicted octanol–water partition coefficient (Wildman–Crippen LogP) is 5.21. The van der Waals surface area contributed by atoms with Crippen LogP contribution in [-0.4, -0.2) is 11.7 Å². The summed E-state index contributed by atoms with van der Waals surface area (Å²) in [5.41, 5.74) is 5.59. The maximum absolute atomic E-state index is 8.22. The van der Waals surface area contributed by atoms with E-state index < -0.39 is 0 Å². The molecule has 2 aromatic heterocycles. The standard InChI is InChI=1S/C24H23N7O2/c25-23(27-15-21-9-3-11-32-21)17-5-1-7-19(13-17)29-31-30-20-8-2-6-18(14-20)24(26)28-16-22-10-4-12-33-22/h1-14H,15-16H2,(H2,25,27)(H2,26,28)(H,29,30). The molecule has 2 heterocycles. The van der Waals surface area contributed by atoms with Crippen LogP contribution >= 0.6 is 0 Å². The van der Waals surface area contributed by atoms with E-state index in [0.29, 0.717) is 35.6 Å². The fourth-order valence-electron chi connectivity index (χ4n) is 2.99. The van der Waals surface area contributed by atoms with Gasteiger partial charge >= 0.3 is 0 Å². The molecule has 0 amide bonds. The Morgan fingerprint density at radius 3 is 1.94 bits per heavy atom. The smallest absolute Gasteiger partial charge is 0.125 e. The van der Waals surface area contributed by atoms with Crippen LogP contribution in [0.4, 0.5) is 11.4 Å². The largest absolute Gasteiger partial charge is 0.467 e. The first-order valence-corrected chi connectivity index (χ1v) is 10.2. The summed E-state index contributed by atoms with van der Waals surface area (Å²) in [6.45, 7) is 0.867. The minimum Gasteiger partial charge on any atom is -0.467 e. The Kier molecular flexibility index (Phi) is 6.92. The van der Waals surface area contributed by atoms with Gasteiger partial charge in [-0.05, 0) is 48.5 Å². The normalized spacial score (nSPS) is 10.8. The number of anilines is 1. The van der Waals surface area contributed by atoms with E-state index in [-0.39, 0.29) is 11.7 Å². The van der Waals surface area contributed by atoms with Gasteiger partial charge in [0.15, 0.2) is 0 Å². The van der Waals surface area contributed by atoms with E-state index in [0.717, 1.165) is 11.5 Å². The molecular weight excluding hydrogens is 418 g/mol. The Morgan fingerprint density at radius 1 is 0.727 bits per heavy atom. The molecule has 33 heavy (non-hydrogen) atoms. The Hall–Kier alpha value is -4.66. The molecular formula is C24H23N7O2. The lowest BCUT2D eigenvalue weighted by molar-refractivity contribution is 0.503. The molecule has 4 aromatic rings. The first-order valence-electron chi connectivity index (χ1n) is 10.2. The summed E-state index contributed by atoms with van der Waals surface area (Å²) < 4.78 is 10.5. The number of amidine groups is 2. The van der Waals surface area contributed by atoms with Crippen molar-refractivity contribution in [3.05, 3.63) is 108 Å². The van der Waals surface area contributed by atoms with Gasteiger partial charge < -0.3 is 19.5 Å². The molecule has 0 bridgehead atoms. The number of nitrogens with one attached hydrogen (secondary N) is 5. The van der Waals surface area contributed by atoms with Crippen LogP contribution in [0.2, 0.25) is 0 Å². The Labute approximate surface area is 190 Å². The van der Waals surface area contributed by atoms with Gasteiger partial charge in [-0.15, -0.1) is 5.11 Å². The molecule has 0 aliphatic rings. The lowest BCUT2D eigenvalue weighted by Crippen LogP contribution is -2.22. The van der Waals surface area contributed by atoms with Gasteiger partial charge in [0.25, 0.3) is 0 Å². The zero-order valence-corrected chi connectivity index (χ0v) is 17.7. The number of hydrogen-bond donors (Lipinski definition) is 5. The van der Waals surface area contributed by atoms with Gasteiger partial charge in [-0.3, -0.25) is 16.2 Å². The number of rotatable bonds is 9. The molecule has 0 atom stereocenters. The van der Waals surface area contributed by atoms with Crippen LogP contribution in [0.15, 0.2) is 104 Å². The second-order valence-corrected chi connectivity index (χ2v) is 7.06. The monoisotopic (exact) mass is 441 g/mol. The first kappa shape index (κ1) is 21.6. The summed E-state index contributed by atoms with van der Waals surface area (Å²) in [5, 5.41) is 30.7. The van der Waals surface area contributed by atoms with Crippen molar-refractivity contribution in [2.45, 2.75) is 13.1 Å². The predicted molar refractivity (Wildman–Crippen MR) is 126 cm³/mol. The second kappa shape index (κ2) is 10.6. The second-order valence-electron chi connectivity index (χ2n) is 7.06. The van der Waals surface area contributed by atoms with Crippen LogP contribution in [0.5, 0.6) is 0 Å². The van der Waals surface area contributed by atoms with Gasteiger partial charge in [-0.1, -0.05) is 29.5 Å². The quantitative estimate of drug-likeness (QED) is 0.105. The van der Waals surface area contributed by atoms with Crippen molar-refractivity contribution in [2.24, 2.45) is 10.3 Å². The average molecular weight is 441 g/mol. The fourth-order valence-corrected chi connectivity index (χ4v) is 2.99. The molecule has 5 N–H and O–H groups in total. The number of nitrogens with zero attached hydrogens (tertiary/aromatic N) is 2. The van der Waals surface area contributed by atoms with Gasteiger partial charge in [0, 0.05) is 11.1 Å². The molecule has 0 aliphatic heterocycles. The van der Waals surface area contributed by atoms with E-state index in [1.807, 2.05) is 54.6 Å². The number of furan rings is 2. The highest BCUT2D eigenvalue weighted by Crippen LogP contribution is 2.16. The third-order valence-corrected chi connectivity index (χ3v) is 4.67. The van der Waals surface area contributed by atoms with Crippen LogP contribution < -0.4 is 16.1 Å². The van der Waals surface area contributed by atoms with Crippen molar-refractivity contribution in [1.82, 2.24) is 10.6 Å². The lowest BCUT2D eigenvalue weighted by atomic mass is 10.2. The molecule has 2 aromatic carbocycles. The zero-order valence-electron chi connectivity index (χ0n) is 17.7. The molecule has 0 aliphatic carbocycles. The van der Waals surface area contributed by atoms with Crippen LogP contribution in [0.25, 0.3) is 0 Å². The highest BCUT2D eigenvalue weighted by Gasteiger charge is 2.05. The molecule has 0 fully saturated rings. The van der Waals surface area contributed by atoms with Crippen molar-refractivity contribution >= 4 is 23.0 Å². The van der Waals surface area contributed by atoms with Crippen molar-refractivity contribution in [1.29, 1.82) is 10.8 Å². The Morgan fingerprint density at radius 2 is 1.33 bits per heavy atom. The number of benzene rings is 2. The lowest BCUT2D eigenvalue weighted by Gasteiger charge is -2.08. The summed E-state index contributed by atoms with van der Waals surface area (Å²) in [6, 6.07) is 21.9. The van der Waals surface area contributed by atoms with Crippen LogP contribution in [-0.2, 0) is 13.1 Å². The summed E-state index contributed by atoms with van der Waals surface area (Å²) >= 11 is 0. The van der Waals surface area contributed by atoms with E-state index in [1.165, 1.54) is 0 Å². The van der Waals surface area contributed by atoms with E-state index >= 15 is 0 Å². The maximum atomic E-state index is 8.22. The molecule has 0 radical (unpaired) electrons. The number of hydrogen-bond acceptors (Lipinski definition) is 6. The van der Waals surface area contributed by atoms with Crippen molar-refractivity contribution in [2.75, 3.05) is 5.43 Å². The van der Waals surface area contributed by atoms with E-state index in [9.17, 15) is 0 Å². The minimum atomic E-state index is 0.268. The van der Waals surface area contributed by atoms with Gasteiger partial charge in [-0.2, -0.15) is 0 Å². The van der Waals surface area contributed by atoms with Crippen LogP contribution in [0.1, 0.15) is 22.6 Å². The third kappa shape index (κ3) is 6.17. The molecule has 4 rings (SSSR count). The summed E-state index contributed by atoms with van der Waals surface area (Å²) in [6.07, 6.45) is 3.21. The first-order chi connectivity index (χ1) is 16.2. The van der Waals surface area contributed by atoms with Crippen molar-refractivity contribution in [3.8, 4) is 0 Å². The molecule has 166 valence electrons. The van der Waals surface area contributed by atoms with E-state index in [2.05, 4.69) is 26.4 Å². The molecule has 9 nitrogen and oxygen atoms in total. The third-order valence-electron chi connectivity index (χ3n) is 4.67. The zero-order chi connectivity index (χ0) is 22.9. The molecule has 9 heteroatoms. The molecule has 0 unspecified atom stereocenters. The highest BCUT2D eigenvalue weighted by molar-refractivity contribution is 5.97. The molecule has 0 saturated heterocycles. The Bertz CT molecular complexity index is 1230. The van der Waals surface area contributed by atoms with Crippen molar-refractivity contribution < 1.29 is 8.83 Å². The minimum absolute atomic E-state index is 0.268. The van der Waals surface area contributed by atoms with Crippen molar-refractivity contribution in [3.63, 3.8) is 0 Å². The van der Waals surface area contributed by atoms with Gasteiger partial charge in [0.05, 0.1) is 37.0 Å². The average Bonchev–Trinajstić information content (AvgIpc) is 3.56.